The van der Waals surface area contributed by atoms with Crippen LogP contribution in [0.1, 0.15) is 39.2 Å². The number of nitrogens with two attached hydrogens (primary N) is 2. The summed E-state index contributed by atoms with van der Waals surface area (Å²) >= 11 is 4.26. The summed E-state index contributed by atoms with van der Waals surface area (Å²) in [6, 6.07) is 17.4. The van der Waals surface area contributed by atoms with Crippen LogP contribution in [0, 0.1) is 5.92 Å². The second kappa shape index (κ2) is 15.5. The standard InChI is InChI=1S/C28H40N6O3S3/c1-28(2,3)37-27(36)32-15-13-22(14-16-32)19-33(23-9-11-24(12-10-23)40-39-18-17-38)26(35)25(29)31-34(30)20-21-7-5-4-6-8-21/h4-12,22,38H,13-20,30H2,1-3H3,(H2,29,31). The van der Waals surface area contributed by atoms with Crippen molar-refractivity contribution >= 4 is 57.7 Å². The number of nitrogens with zero attached hydrogens (tertiary/aromatic N) is 4. The van der Waals surface area contributed by atoms with Gasteiger partial charge in [-0.2, -0.15) is 12.6 Å². The predicted octanol–water partition coefficient (Wildman–Crippen LogP) is 4.98. The summed E-state index contributed by atoms with van der Waals surface area (Å²) < 4.78 is 5.52. The molecule has 12 heteroatoms. The van der Waals surface area contributed by atoms with E-state index in [-0.39, 0.29) is 17.8 Å². The van der Waals surface area contributed by atoms with Crippen LogP contribution >= 0.6 is 34.2 Å². The van der Waals surface area contributed by atoms with Gasteiger partial charge in [0.15, 0.2) is 0 Å². The zero-order valence-corrected chi connectivity index (χ0v) is 25.9. The number of thiol groups is 1. The highest BCUT2D eigenvalue weighted by Crippen LogP contribution is 2.32. The first kappa shape index (κ1) is 32.0. The first-order valence-electron chi connectivity index (χ1n) is 13.3. The highest BCUT2D eigenvalue weighted by atomic mass is 33.1. The second-order valence-electron chi connectivity index (χ2n) is 10.5. The van der Waals surface area contributed by atoms with Gasteiger partial charge in [-0.25, -0.2) is 15.8 Å². The highest BCUT2D eigenvalue weighted by Gasteiger charge is 2.30. The topological polar surface area (TPSA) is 117 Å². The number of hydrogen-bond donors (Lipinski definition) is 3. The van der Waals surface area contributed by atoms with Crippen LogP contribution in [-0.4, -0.2) is 64.6 Å². The van der Waals surface area contributed by atoms with Gasteiger partial charge in [-0.15, -0.1) is 5.10 Å². The molecule has 9 nitrogen and oxygen atoms in total. The molecule has 1 heterocycles. The third-order valence-electron chi connectivity index (χ3n) is 6.07. The Morgan fingerprint density at radius 1 is 1.10 bits per heavy atom. The molecular formula is C28H40N6O3S3. The number of ether oxygens (including phenoxy) is 1. The zero-order valence-electron chi connectivity index (χ0n) is 23.4. The molecule has 0 spiro atoms. The average Bonchev–Trinajstić information content (AvgIpc) is 2.92. The third-order valence-corrected chi connectivity index (χ3v) is 8.98. The Labute approximate surface area is 250 Å². The van der Waals surface area contributed by atoms with E-state index in [1.165, 1.54) is 5.12 Å². The Hall–Kier alpha value is -2.54. The molecule has 1 aliphatic rings. The summed E-state index contributed by atoms with van der Waals surface area (Å²) in [7, 11) is 3.41. The van der Waals surface area contributed by atoms with Crippen LogP contribution < -0.4 is 16.5 Å². The van der Waals surface area contributed by atoms with Crippen molar-refractivity contribution in [2.45, 2.75) is 50.7 Å². The summed E-state index contributed by atoms with van der Waals surface area (Å²) in [5, 5.41) is 5.36. The van der Waals surface area contributed by atoms with E-state index >= 15 is 0 Å². The number of benzene rings is 2. The molecule has 1 fully saturated rings. The first-order valence-corrected chi connectivity index (χ1v) is 16.2. The maximum absolute atomic E-state index is 13.6. The van der Waals surface area contributed by atoms with Crippen LogP contribution in [-0.2, 0) is 16.1 Å². The van der Waals surface area contributed by atoms with Gasteiger partial charge in [0.25, 0.3) is 5.91 Å². The van der Waals surface area contributed by atoms with E-state index < -0.39 is 11.5 Å². The number of rotatable bonds is 10. The number of piperidine rings is 1. The minimum atomic E-state index is -0.541. The molecule has 218 valence electrons. The van der Waals surface area contributed by atoms with E-state index in [4.69, 9.17) is 16.3 Å². The summed E-state index contributed by atoms with van der Waals surface area (Å²) in [6.45, 7) is 7.47. The Bertz CT molecular complexity index is 1120. The van der Waals surface area contributed by atoms with Crippen LogP contribution in [0.5, 0.6) is 0 Å². The second-order valence-corrected chi connectivity index (χ2v) is 13.5. The molecule has 4 N–H and O–H groups in total. The molecule has 0 aromatic heterocycles. The number of anilines is 1. The van der Waals surface area contributed by atoms with Gasteiger partial charge in [0.05, 0.1) is 6.54 Å². The highest BCUT2D eigenvalue weighted by molar-refractivity contribution is 8.76. The Kier molecular flexibility index (Phi) is 12.4. The molecule has 40 heavy (non-hydrogen) atoms. The fraction of sp³-hybridized carbons (Fsp3) is 0.464. The monoisotopic (exact) mass is 604 g/mol. The summed E-state index contributed by atoms with van der Waals surface area (Å²) in [5.74, 6) is 7.39. The molecule has 2 aromatic rings. The van der Waals surface area contributed by atoms with E-state index in [0.29, 0.717) is 26.2 Å². The number of hydrogen-bond acceptors (Lipinski definition) is 9. The molecule has 0 radical (unpaired) electrons. The third kappa shape index (κ3) is 10.5. The number of amides is 2. The largest absolute Gasteiger partial charge is 0.444 e. The number of carbonyl (C=O) groups is 2. The zero-order chi connectivity index (χ0) is 29.1. The summed E-state index contributed by atoms with van der Waals surface area (Å²) in [6.07, 6.45) is 1.18. The van der Waals surface area contributed by atoms with Crippen molar-refractivity contribution in [3.05, 3.63) is 60.2 Å². The van der Waals surface area contributed by atoms with Crippen LogP contribution in [0.25, 0.3) is 0 Å². The summed E-state index contributed by atoms with van der Waals surface area (Å²) in [4.78, 5) is 30.6. The smallest absolute Gasteiger partial charge is 0.410 e. The van der Waals surface area contributed by atoms with E-state index in [9.17, 15) is 9.59 Å². The molecule has 0 unspecified atom stereocenters. The van der Waals surface area contributed by atoms with Gasteiger partial charge in [-0.1, -0.05) is 51.9 Å². The Morgan fingerprint density at radius 3 is 2.35 bits per heavy atom. The maximum Gasteiger partial charge on any atom is 0.410 e. The van der Waals surface area contributed by atoms with E-state index in [1.807, 2.05) is 75.4 Å². The molecule has 2 aromatic carbocycles. The molecule has 0 atom stereocenters. The quantitative estimate of drug-likeness (QED) is 0.0661. The van der Waals surface area contributed by atoms with Crippen LogP contribution in [0.3, 0.4) is 0 Å². The average molecular weight is 605 g/mol. The van der Waals surface area contributed by atoms with Crippen LogP contribution in [0.15, 0.2) is 64.6 Å². The SMILES string of the molecule is CC(C)(C)OC(=O)N1CCC(CN(C(=O)/C(N)=N/N(N)Cc2ccccc2)c2ccc(SSCCS)cc2)CC1. The first-order chi connectivity index (χ1) is 19.1. The van der Waals surface area contributed by atoms with Gasteiger partial charge in [-0.05, 0) is 69.4 Å². The minimum absolute atomic E-state index is 0.175. The van der Waals surface area contributed by atoms with Gasteiger partial charge in [-0.3, -0.25) is 4.79 Å². The van der Waals surface area contributed by atoms with E-state index in [2.05, 4.69) is 17.7 Å². The lowest BCUT2D eigenvalue weighted by molar-refractivity contribution is -0.113. The lowest BCUT2D eigenvalue weighted by Gasteiger charge is -2.35. The van der Waals surface area contributed by atoms with Gasteiger partial charge < -0.3 is 20.3 Å². The molecule has 0 aliphatic carbocycles. The molecule has 0 saturated carbocycles. The van der Waals surface area contributed by atoms with Crippen molar-refractivity contribution in [1.82, 2.24) is 10.0 Å². The molecule has 1 saturated heterocycles. The number of hydrazone groups is 1. The lowest BCUT2D eigenvalue weighted by Crippen LogP contribution is -2.47. The minimum Gasteiger partial charge on any atom is -0.444 e. The number of carbonyl (C=O) groups excluding carboxylic acids is 2. The Balaban J connectivity index is 1.72. The van der Waals surface area contributed by atoms with Crippen LogP contribution in [0.2, 0.25) is 0 Å². The number of likely N-dealkylation sites (tertiary alicyclic amines) is 1. The van der Waals surface area contributed by atoms with Crippen molar-refractivity contribution in [3.63, 3.8) is 0 Å². The fourth-order valence-electron chi connectivity index (χ4n) is 4.14. The predicted molar refractivity (Wildman–Crippen MR) is 169 cm³/mol. The summed E-state index contributed by atoms with van der Waals surface area (Å²) in [5.41, 5.74) is 7.34. The molecule has 0 bridgehead atoms. The molecule has 1 aliphatic heterocycles. The van der Waals surface area contributed by atoms with Crippen molar-refractivity contribution in [2.24, 2.45) is 22.6 Å². The van der Waals surface area contributed by atoms with Crippen molar-refractivity contribution < 1.29 is 14.3 Å². The van der Waals surface area contributed by atoms with Gasteiger partial charge in [0.1, 0.15) is 5.60 Å². The van der Waals surface area contributed by atoms with Gasteiger partial charge in [0, 0.05) is 41.7 Å². The fourth-order valence-corrected chi connectivity index (χ4v) is 6.57. The van der Waals surface area contributed by atoms with Gasteiger partial charge >= 0.3 is 6.09 Å². The van der Waals surface area contributed by atoms with Crippen molar-refractivity contribution in [3.8, 4) is 0 Å². The molecule has 2 amide bonds. The van der Waals surface area contributed by atoms with E-state index in [0.717, 1.165) is 40.5 Å². The maximum atomic E-state index is 13.6. The van der Waals surface area contributed by atoms with Crippen molar-refractivity contribution in [1.29, 1.82) is 0 Å². The van der Waals surface area contributed by atoms with Gasteiger partial charge in [0.2, 0.25) is 5.84 Å². The Morgan fingerprint density at radius 2 is 1.75 bits per heavy atom. The molecular weight excluding hydrogens is 565 g/mol. The molecule has 3 rings (SSSR count). The lowest BCUT2D eigenvalue weighted by atomic mass is 9.96. The van der Waals surface area contributed by atoms with Crippen molar-refractivity contribution in [2.75, 3.05) is 36.0 Å². The number of amidine groups is 1. The normalized spacial score (nSPS) is 14.6. The number of hydrazine groups is 1. The van der Waals surface area contributed by atoms with E-state index in [1.54, 1.807) is 31.4 Å². The van der Waals surface area contributed by atoms with Crippen LogP contribution in [0.4, 0.5) is 10.5 Å².